The van der Waals surface area contributed by atoms with Crippen molar-refractivity contribution in [3.8, 4) is 5.75 Å². The van der Waals surface area contributed by atoms with Crippen molar-refractivity contribution in [1.29, 1.82) is 0 Å². The van der Waals surface area contributed by atoms with Crippen LogP contribution >= 0.6 is 31.9 Å². The van der Waals surface area contributed by atoms with Gasteiger partial charge in [-0.15, -0.1) is 0 Å². The van der Waals surface area contributed by atoms with Gasteiger partial charge >= 0.3 is 0 Å². The summed E-state index contributed by atoms with van der Waals surface area (Å²) in [6, 6.07) is 5.71. The molecule has 2 N–H and O–H groups in total. The van der Waals surface area contributed by atoms with Gasteiger partial charge in [0, 0.05) is 6.54 Å². The molecule has 0 bridgehead atoms. The molecular formula is C11H15Br2NO2. The van der Waals surface area contributed by atoms with E-state index >= 15 is 0 Å². The van der Waals surface area contributed by atoms with Gasteiger partial charge in [-0.2, -0.15) is 0 Å². The van der Waals surface area contributed by atoms with Gasteiger partial charge in [-0.05, 0) is 50.5 Å². The number of aliphatic hydroxyl groups is 1. The minimum Gasteiger partial charge on any atom is -0.488 e. The van der Waals surface area contributed by atoms with Crippen LogP contribution in [0.3, 0.4) is 0 Å². The minimum atomic E-state index is -0.501. The van der Waals surface area contributed by atoms with E-state index in [4.69, 9.17) is 4.74 Å². The van der Waals surface area contributed by atoms with Crippen LogP contribution in [0.15, 0.2) is 27.1 Å². The van der Waals surface area contributed by atoms with E-state index in [0.29, 0.717) is 6.54 Å². The van der Waals surface area contributed by atoms with Crippen molar-refractivity contribution < 1.29 is 9.84 Å². The average Bonchev–Trinajstić information content (AvgIpc) is 2.25. The smallest absolute Gasteiger partial charge is 0.147 e. The fraction of sp³-hybridized carbons (Fsp3) is 0.455. The highest BCUT2D eigenvalue weighted by atomic mass is 79.9. The Hall–Kier alpha value is -0.100. The van der Waals surface area contributed by atoms with E-state index in [1.807, 2.05) is 25.1 Å². The van der Waals surface area contributed by atoms with E-state index in [9.17, 15) is 5.11 Å². The standard InChI is InChI=1S/C11H15Br2NO2/c1-2-14-6-8(15)7-16-11-9(12)4-3-5-10(11)13/h3-5,8,14-15H,2,6-7H2,1H3. The molecule has 0 saturated heterocycles. The SMILES string of the molecule is CCNCC(O)COc1c(Br)cccc1Br. The predicted molar refractivity (Wildman–Crippen MR) is 71.9 cm³/mol. The third-order valence-corrected chi connectivity index (χ3v) is 3.22. The molecule has 0 aliphatic carbocycles. The first-order valence-corrected chi connectivity index (χ1v) is 6.69. The number of para-hydroxylation sites is 1. The maximum absolute atomic E-state index is 9.61. The highest BCUT2D eigenvalue weighted by Gasteiger charge is 2.09. The van der Waals surface area contributed by atoms with E-state index in [-0.39, 0.29) is 6.61 Å². The molecule has 1 aromatic carbocycles. The summed E-state index contributed by atoms with van der Waals surface area (Å²) in [6.45, 7) is 3.65. The highest BCUT2D eigenvalue weighted by Crippen LogP contribution is 2.32. The zero-order chi connectivity index (χ0) is 12.0. The van der Waals surface area contributed by atoms with Crippen LogP contribution in [0.5, 0.6) is 5.75 Å². The van der Waals surface area contributed by atoms with Crippen LogP contribution in [-0.4, -0.2) is 30.9 Å². The van der Waals surface area contributed by atoms with Crippen LogP contribution in [0.25, 0.3) is 0 Å². The molecule has 0 fully saturated rings. The van der Waals surface area contributed by atoms with E-state index in [0.717, 1.165) is 21.2 Å². The molecule has 16 heavy (non-hydrogen) atoms. The van der Waals surface area contributed by atoms with Crippen LogP contribution in [-0.2, 0) is 0 Å². The van der Waals surface area contributed by atoms with Gasteiger partial charge in [0.2, 0.25) is 0 Å². The molecular weight excluding hydrogens is 338 g/mol. The first kappa shape index (κ1) is 14.0. The second kappa shape index (κ2) is 7.27. The molecule has 5 heteroatoms. The summed E-state index contributed by atoms with van der Waals surface area (Å²) in [7, 11) is 0. The second-order valence-electron chi connectivity index (χ2n) is 3.32. The number of ether oxygens (including phenoxy) is 1. The van der Waals surface area contributed by atoms with Gasteiger partial charge < -0.3 is 15.2 Å². The Morgan fingerprint density at radius 1 is 1.38 bits per heavy atom. The second-order valence-corrected chi connectivity index (χ2v) is 5.03. The minimum absolute atomic E-state index is 0.272. The van der Waals surface area contributed by atoms with Crippen LogP contribution in [0.4, 0.5) is 0 Å². The topological polar surface area (TPSA) is 41.5 Å². The molecule has 3 nitrogen and oxygen atoms in total. The normalized spacial score (nSPS) is 12.5. The third-order valence-electron chi connectivity index (χ3n) is 1.97. The Kier molecular flexibility index (Phi) is 6.34. The number of hydrogen-bond acceptors (Lipinski definition) is 3. The Bertz CT molecular complexity index is 314. The van der Waals surface area contributed by atoms with Gasteiger partial charge in [-0.3, -0.25) is 0 Å². The molecule has 0 amide bonds. The summed E-state index contributed by atoms with van der Waals surface area (Å²) < 4.78 is 7.29. The van der Waals surface area contributed by atoms with Crippen molar-refractivity contribution in [1.82, 2.24) is 5.32 Å². The highest BCUT2D eigenvalue weighted by molar-refractivity contribution is 9.11. The number of nitrogens with one attached hydrogen (secondary N) is 1. The predicted octanol–water partition coefficient (Wildman–Crippen LogP) is 2.56. The molecule has 0 spiro atoms. The van der Waals surface area contributed by atoms with Crippen LogP contribution in [0, 0.1) is 0 Å². The van der Waals surface area contributed by atoms with Crippen molar-refractivity contribution in [2.24, 2.45) is 0 Å². The van der Waals surface area contributed by atoms with Crippen molar-refractivity contribution >= 4 is 31.9 Å². The molecule has 0 saturated carbocycles. The van der Waals surface area contributed by atoms with E-state index in [1.165, 1.54) is 0 Å². The Balaban J connectivity index is 2.48. The lowest BCUT2D eigenvalue weighted by molar-refractivity contribution is 0.106. The van der Waals surface area contributed by atoms with E-state index < -0.39 is 6.10 Å². The monoisotopic (exact) mass is 351 g/mol. The first-order valence-electron chi connectivity index (χ1n) is 5.10. The van der Waals surface area contributed by atoms with E-state index in [1.54, 1.807) is 0 Å². The fourth-order valence-corrected chi connectivity index (χ4v) is 2.40. The molecule has 0 aliphatic rings. The van der Waals surface area contributed by atoms with Gasteiger partial charge in [-0.1, -0.05) is 13.0 Å². The molecule has 1 rings (SSSR count). The summed E-state index contributed by atoms with van der Waals surface area (Å²) in [5, 5.41) is 12.7. The molecule has 0 heterocycles. The lowest BCUT2D eigenvalue weighted by Crippen LogP contribution is -2.31. The zero-order valence-electron chi connectivity index (χ0n) is 9.04. The maximum Gasteiger partial charge on any atom is 0.147 e. The number of hydrogen-bond donors (Lipinski definition) is 2. The fourth-order valence-electron chi connectivity index (χ4n) is 1.17. The largest absolute Gasteiger partial charge is 0.488 e. The molecule has 0 aromatic heterocycles. The van der Waals surface area contributed by atoms with Gasteiger partial charge in [-0.25, -0.2) is 0 Å². The van der Waals surface area contributed by atoms with Crippen LogP contribution < -0.4 is 10.1 Å². The summed E-state index contributed by atoms with van der Waals surface area (Å²) in [6.07, 6.45) is -0.501. The Morgan fingerprint density at radius 3 is 2.56 bits per heavy atom. The van der Waals surface area contributed by atoms with Crippen molar-refractivity contribution in [3.05, 3.63) is 27.1 Å². The lowest BCUT2D eigenvalue weighted by atomic mass is 10.3. The summed E-state index contributed by atoms with van der Waals surface area (Å²) >= 11 is 6.80. The molecule has 0 radical (unpaired) electrons. The van der Waals surface area contributed by atoms with E-state index in [2.05, 4.69) is 37.2 Å². The Labute approximate surface area is 112 Å². The first-order chi connectivity index (χ1) is 7.65. The maximum atomic E-state index is 9.61. The van der Waals surface area contributed by atoms with Gasteiger partial charge in [0.1, 0.15) is 18.5 Å². The molecule has 90 valence electrons. The quantitative estimate of drug-likeness (QED) is 0.826. The summed E-state index contributed by atoms with van der Waals surface area (Å²) in [4.78, 5) is 0. The lowest BCUT2D eigenvalue weighted by Gasteiger charge is -2.14. The molecule has 1 unspecified atom stereocenters. The van der Waals surface area contributed by atoms with Crippen LogP contribution in [0.1, 0.15) is 6.92 Å². The molecule has 1 aromatic rings. The van der Waals surface area contributed by atoms with Gasteiger partial charge in [0.25, 0.3) is 0 Å². The van der Waals surface area contributed by atoms with Crippen LogP contribution in [0.2, 0.25) is 0 Å². The third kappa shape index (κ3) is 4.41. The van der Waals surface area contributed by atoms with Gasteiger partial charge in [0.05, 0.1) is 8.95 Å². The van der Waals surface area contributed by atoms with Gasteiger partial charge in [0.15, 0.2) is 0 Å². The van der Waals surface area contributed by atoms with Crippen molar-refractivity contribution in [2.75, 3.05) is 19.7 Å². The number of likely N-dealkylation sites (N-methyl/N-ethyl adjacent to an activating group) is 1. The molecule has 1 atom stereocenters. The number of halogens is 2. The van der Waals surface area contributed by atoms with Crippen molar-refractivity contribution in [2.45, 2.75) is 13.0 Å². The number of benzene rings is 1. The number of rotatable bonds is 6. The summed E-state index contributed by atoms with van der Waals surface area (Å²) in [5.74, 6) is 0.720. The number of aliphatic hydroxyl groups excluding tert-OH is 1. The average molecular weight is 353 g/mol. The molecule has 0 aliphatic heterocycles. The summed E-state index contributed by atoms with van der Waals surface area (Å²) in [5.41, 5.74) is 0. The Morgan fingerprint density at radius 2 is 2.00 bits per heavy atom. The zero-order valence-corrected chi connectivity index (χ0v) is 12.2. The van der Waals surface area contributed by atoms with Crippen molar-refractivity contribution in [3.63, 3.8) is 0 Å².